The molecule has 2 heterocycles. The van der Waals surface area contributed by atoms with Gasteiger partial charge in [-0.2, -0.15) is 0 Å². The molecule has 7 heteroatoms. The highest BCUT2D eigenvalue weighted by Crippen LogP contribution is 2.25. The van der Waals surface area contributed by atoms with E-state index < -0.39 is 5.76 Å². The molecule has 0 unspecified atom stereocenters. The van der Waals surface area contributed by atoms with Crippen molar-refractivity contribution in [3.05, 3.63) is 69.0 Å². The fourth-order valence-electron chi connectivity index (χ4n) is 2.80. The van der Waals surface area contributed by atoms with E-state index >= 15 is 0 Å². The van der Waals surface area contributed by atoms with Crippen LogP contribution in [0.4, 0.5) is 5.69 Å². The third kappa shape index (κ3) is 3.83. The summed E-state index contributed by atoms with van der Waals surface area (Å²) in [6.07, 6.45) is 1.18. The Kier molecular flexibility index (Phi) is 4.60. The van der Waals surface area contributed by atoms with Gasteiger partial charge in [-0.05, 0) is 36.2 Å². The fraction of sp³-hybridized carbons (Fsp3) is 0.150. The molecule has 0 saturated carbocycles. The van der Waals surface area contributed by atoms with Crippen LogP contribution in [0.15, 0.2) is 57.1 Å². The lowest BCUT2D eigenvalue weighted by Gasteiger charge is -2.04. The Balaban J connectivity index is 1.46. The van der Waals surface area contributed by atoms with Gasteiger partial charge in [-0.25, -0.2) is 9.78 Å². The summed E-state index contributed by atoms with van der Waals surface area (Å²) in [5.41, 5.74) is 4.73. The predicted octanol–water partition coefficient (Wildman–Crippen LogP) is 3.99. The Morgan fingerprint density at radius 1 is 1.22 bits per heavy atom. The number of carbonyl (C=O) groups is 1. The number of anilines is 1. The van der Waals surface area contributed by atoms with Gasteiger partial charge in [-0.1, -0.05) is 25.1 Å². The topological polar surface area (TPSA) is 88.0 Å². The highest BCUT2D eigenvalue weighted by molar-refractivity contribution is 7.10. The molecule has 2 aromatic heterocycles. The number of nitrogens with zero attached hydrogens (tertiary/aromatic N) is 1. The lowest BCUT2D eigenvalue weighted by molar-refractivity contribution is -0.115. The number of hydrogen-bond acceptors (Lipinski definition) is 5. The molecule has 0 fully saturated rings. The molecule has 0 spiro atoms. The molecule has 0 saturated heterocycles. The first-order valence-corrected chi connectivity index (χ1v) is 9.45. The first-order valence-electron chi connectivity index (χ1n) is 8.57. The molecular formula is C20H17N3O3S. The van der Waals surface area contributed by atoms with Crippen molar-refractivity contribution in [2.45, 2.75) is 19.8 Å². The number of nitrogens with one attached hydrogen (secondary N) is 2. The van der Waals surface area contributed by atoms with Crippen molar-refractivity contribution in [2.24, 2.45) is 0 Å². The number of fused-ring (bicyclic) bond motifs is 1. The molecule has 2 aromatic carbocycles. The van der Waals surface area contributed by atoms with Gasteiger partial charge in [0, 0.05) is 16.6 Å². The Morgan fingerprint density at radius 3 is 2.81 bits per heavy atom. The molecule has 27 heavy (non-hydrogen) atoms. The smallest absolute Gasteiger partial charge is 0.408 e. The monoisotopic (exact) mass is 379 g/mol. The molecule has 4 rings (SSSR count). The molecule has 0 bridgehead atoms. The third-order valence-electron chi connectivity index (χ3n) is 4.23. The summed E-state index contributed by atoms with van der Waals surface area (Å²) in [5.74, 6) is -0.586. The van der Waals surface area contributed by atoms with Gasteiger partial charge >= 0.3 is 5.76 Å². The molecule has 6 nitrogen and oxygen atoms in total. The number of hydrogen-bond donors (Lipinski definition) is 2. The van der Waals surface area contributed by atoms with Crippen LogP contribution in [0, 0.1) is 0 Å². The molecule has 136 valence electrons. The quantitative estimate of drug-likeness (QED) is 0.549. The second-order valence-corrected chi connectivity index (χ2v) is 7.07. The van der Waals surface area contributed by atoms with Crippen molar-refractivity contribution in [2.75, 3.05) is 5.32 Å². The maximum Gasteiger partial charge on any atom is 0.417 e. The van der Waals surface area contributed by atoms with E-state index in [1.165, 1.54) is 16.9 Å². The first kappa shape index (κ1) is 17.2. The third-order valence-corrected chi connectivity index (χ3v) is 5.08. The summed E-state index contributed by atoms with van der Waals surface area (Å²) in [6.45, 7) is 2.09. The molecule has 0 atom stereocenters. The highest BCUT2D eigenvalue weighted by atomic mass is 32.1. The summed E-state index contributed by atoms with van der Waals surface area (Å²) in [5, 5.41) is 5.51. The lowest BCUT2D eigenvalue weighted by atomic mass is 10.1. The van der Waals surface area contributed by atoms with Crippen molar-refractivity contribution in [1.82, 2.24) is 9.97 Å². The van der Waals surface area contributed by atoms with E-state index in [0.29, 0.717) is 11.1 Å². The van der Waals surface area contributed by atoms with Gasteiger partial charge < -0.3 is 9.73 Å². The Morgan fingerprint density at radius 2 is 2.04 bits per heavy atom. The molecule has 4 aromatic rings. The molecule has 0 aliphatic carbocycles. The fourth-order valence-corrected chi connectivity index (χ4v) is 3.60. The minimum atomic E-state index is -0.482. The van der Waals surface area contributed by atoms with Crippen LogP contribution < -0.4 is 11.1 Å². The Hall–Kier alpha value is -3.19. The average molecular weight is 379 g/mol. The van der Waals surface area contributed by atoms with E-state index in [9.17, 15) is 9.59 Å². The summed E-state index contributed by atoms with van der Waals surface area (Å²) in [6, 6.07) is 13.2. The van der Waals surface area contributed by atoms with Crippen LogP contribution in [0.2, 0.25) is 0 Å². The molecule has 0 aliphatic rings. The van der Waals surface area contributed by atoms with E-state index in [1.54, 1.807) is 12.1 Å². The molecule has 0 aliphatic heterocycles. The van der Waals surface area contributed by atoms with Crippen LogP contribution >= 0.6 is 11.3 Å². The number of carbonyl (C=O) groups excluding carboxylic acids is 1. The zero-order valence-electron chi connectivity index (χ0n) is 14.6. The van der Waals surface area contributed by atoms with E-state index in [0.717, 1.165) is 28.4 Å². The number of amides is 1. The van der Waals surface area contributed by atoms with E-state index in [-0.39, 0.29) is 12.3 Å². The maximum absolute atomic E-state index is 12.3. The van der Waals surface area contributed by atoms with Gasteiger partial charge in [0.1, 0.15) is 5.01 Å². The van der Waals surface area contributed by atoms with Gasteiger partial charge in [-0.3, -0.25) is 9.78 Å². The van der Waals surface area contributed by atoms with E-state index in [1.807, 2.05) is 35.7 Å². The van der Waals surface area contributed by atoms with Crippen LogP contribution in [0.1, 0.15) is 17.5 Å². The summed E-state index contributed by atoms with van der Waals surface area (Å²) in [4.78, 5) is 30.7. The number of aryl methyl sites for hydroxylation is 1. The normalized spacial score (nSPS) is 11.0. The Labute approximate surface area is 158 Å². The minimum absolute atomic E-state index is 0.104. The van der Waals surface area contributed by atoms with Gasteiger partial charge in [0.25, 0.3) is 0 Å². The largest absolute Gasteiger partial charge is 0.417 e. The lowest BCUT2D eigenvalue weighted by Crippen LogP contribution is -2.14. The van der Waals surface area contributed by atoms with Gasteiger partial charge in [0.2, 0.25) is 5.91 Å². The van der Waals surface area contributed by atoms with Crippen molar-refractivity contribution < 1.29 is 9.21 Å². The summed E-state index contributed by atoms with van der Waals surface area (Å²) in [7, 11) is 0. The van der Waals surface area contributed by atoms with Crippen LogP contribution in [0.25, 0.3) is 22.4 Å². The van der Waals surface area contributed by atoms with Crippen molar-refractivity contribution in [3.63, 3.8) is 0 Å². The van der Waals surface area contributed by atoms with Crippen LogP contribution in [-0.2, 0) is 17.6 Å². The standard InChI is InChI=1S/C20H17N3O3S/c1-2-12-3-6-14(7-4-12)21-18(24)10-19-22-16(11-27-19)13-5-8-15-17(9-13)26-20(25)23-15/h3-9,11H,2,10H2,1H3,(H,21,24)(H,23,25). The summed E-state index contributed by atoms with van der Waals surface area (Å²) >= 11 is 1.43. The van der Waals surface area contributed by atoms with E-state index in [4.69, 9.17) is 4.42 Å². The first-order chi connectivity index (χ1) is 13.1. The SMILES string of the molecule is CCc1ccc(NC(=O)Cc2nc(-c3ccc4[nH]c(=O)oc4c3)cs2)cc1. The van der Waals surface area contributed by atoms with Crippen molar-refractivity contribution in [3.8, 4) is 11.3 Å². The second kappa shape index (κ2) is 7.20. The number of aromatic nitrogens is 2. The molecule has 0 radical (unpaired) electrons. The zero-order chi connectivity index (χ0) is 18.8. The predicted molar refractivity (Wildman–Crippen MR) is 106 cm³/mol. The average Bonchev–Trinajstić information content (AvgIpc) is 3.27. The molecular weight excluding hydrogens is 362 g/mol. The number of benzene rings is 2. The number of rotatable bonds is 5. The van der Waals surface area contributed by atoms with E-state index in [2.05, 4.69) is 22.2 Å². The van der Waals surface area contributed by atoms with Crippen LogP contribution in [0.3, 0.4) is 0 Å². The van der Waals surface area contributed by atoms with Gasteiger partial charge in [0.15, 0.2) is 5.58 Å². The number of H-pyrrole nitrogens is 1. The number of aromatic amines is 1. The van der Waals surface area contributed by atoms with Gasteiger partial charge in [-0.15, -0.1) is 11.3 Å². The van der Waals surface area contributed by atoms with Crippen LogP contribution in [0.5, 0.6) is 0 Å². The highest BCUT2D eigenvalue weighted by Gasteiger charge is 2.11. The summed E-state index contributed by atoms with van der Waals surface area (Å²) < 4.78 is 5.08. The van der Waals surface area contributed by atoms with Gasteiger partial charge in [0.05, 0.1) is 17.6 Å². The minimum Gasteiger partial charge on any atom is -0.408 e. The maximum atomic E-state index is 12.3. The van der Waals surface area contributed by atoms with Crippen LogP contribution in [-0.4, -0.2) is 15.9 Å². The number of oxazole rings is 1. The number of thiazole rings is 1. The second-order valence-electron chi connectivity index (χ2n) is 6.13. The molecule has 2 N–H and O–H groups in total. The molecule has 1 amide bonds. The zero-order valence-corrected chi connectivity index (χ0v) is 15.4. The Bertz CT molecular complexity index is 1160. The van der Waals surface area contributed by atoms with Crippen molar-refractivity contribution in [1.29, 1.82) is 0 Å². The van der Waals surface area contributed by atoms with Crippen molar-refractivity contribution >= 4 is 34.0 Å².